The summed E-state index contributed by atoms with van der Waals surface area (Å²) in [4.78, 5) is 29.9. The number of amides is 2. The number of piperidine rings is 1. The molecule has 0 saturated carbocycles. The zero-order chi connectivity index (χ0) is 24.8. The summed E-state index contributed by atoms with van der Waals surface area (Å²) < 4.78 is 27.1. The summed E-state index contributed by atoms with van der Waals surface area (Å²) in [5.74, 6) is -1.53. The SMILES string of the molecule is N#Cc1ccc(CN(Cc2cccc(F)c2)C(=O)C2CCCN(C(=O)c3ccc(F)cc3)C2)cc1. The maximum Gasteiger partial charge on any atom is 0.253 e. The molecule has 3 aromatic rings. The van der Waals surface area contributed by atoms with Crippen molar-refractivity contribution in [2.24, 2.45) is 5.92 Å². The third-order valence-electron chi connectivity index (χ3n) is 6.18. The van der Waals surface area contributed by atoms with E-state index in [0.29, 0.717) is 42.6 Å². The molecule has 1 fully saturated rings. The molecule has 1 saturated heterocycles. The van der Waals surface area contributed by atoms with E-state index in [1.807, 2.05) is 0 Å². The fourth-order valence-electron chi connectivity index (χ4n) is 4.37. The van der Waals surface area contributed by atoms with Crippen LogP contribution in [0.4, 0.5) is 8.78 Å². The Balaban J connectivity index is 1.53. The van der Waals surface area contributed by atoms with E-state index in [1.165, 1.54) is 36.4 Å². The zero-order valence-electron chi connectivity index (χ0n) is 19.2. The van der Waals surface area contributed by atoms with Gasteiger partial charge in [-0.05, 0) is 72.5 Å². The highest BCUT2D eigenvalue weighted by atomic mass is 19.1. The molecule has 7 heteroatoms. The molecule has 0 aliphatic carbocycles. The fourth-order valence-corrected chi connectivity index (χ4v) is 4.37. The van der Waals surface area contributed by atoms with E-state index in [-0.39, 0.29) is 30.7 Å². The van der Waals surface area contributed by atoms with Gasteiger partial charge in [-0.1, -0.05) is 24.3 Å². The fraction of sp³-hybridized carbons (Fsp3) is 0.250. The first-order valence-electron chi connectivity index (χ1n) is 11.5. The topological polar surface area (TPSA) is 64.4 Å². The maximum absolute atomic E-state index is 13.8. The van der Waals surface area contributed by atoms with Gasteiger partial charge in [-0.3, -0.25) is 9.59 Å². The van der Waals surface area contributed by atoms with Crippen LogP contribution in [0, 0.1) is 28.9 Å². The van der Waals surface area contributed by atoms with Crippen molar-refractivity contribution in [3.05, 3.63) is 107 Å². The van der Waals surface area contributed by atoms with Crippen LogP contribution in [0.1, 0.15) is 39.9 Å². The molecule has 1 atom stereocenters. The Labute approximate surface area is 203 Å². The van der Waals surface area contributed by atoms with Gasteiger partial charge in [0, 0.05) is 31.7 Å². The van der Waals surface area contributed by atoms with Crippen LogP contribution in [0.5, 0.6) is 0 Å². The Morgan fingerprint density at radius 1 is 0.943 bits per heavy atom. The Morgan fingerprint density at radius 2 is 1.66 bits per heavy atom. The molecule has 1 aliphatic heterocycles. The molecule has 1 aliphatic rings. The van der Waals surface area contributed by atoms with Crippen molar-refractivity contribution >= 4 is 11.8 Å². The van der Waals surface area contributed by atoms with Crippen molar-refractivity contribution in [1.29, 1.82) is 5.26 Å². The van der Waals surface area contributed by atoms with E-state index >= 15 is 0 Å². The minimum absolute atomic E-state index is 0.116. The van der Waals surface area contributed by atoms with E-state index in [0.717, 1.165) is 5.56 Å². The molecule has 4 rings (SSSR count). The number of hydrogen-bond acceptors (Lipinski definition) is 3. The van der Waals surface area contributed by atoms with Gasteiger partial charge in [0.2, 0.25) is 5.91 Å². The van der Waals surface area contributed by atoms with Crippen molar-refractivity contribution in [3.63, 3.8) is 0 Å². The van der Waals surface area contributed by atoms with Crippen molar-refractivity contribution in [1.82, 2.24) is 9.80 Å². The Kier molecular flexibility index (Phi) is 7.51. The van der Waals surface area contributed by atoms with E-state index in [2.05, 4.69) is 6.07 Å². The average molecular weight is 474 g/mol. The number of halogens is 2. The monoisotopic (exact) mass is 473 g/mol. The van der Waals surface area contributed by atoms with Crippen LogP contribution in [-0.4, -0.2) is 34.7 Å². The molecule has 0 spiro atoms. The molecule has 1 heterocycles. The number of likely N-dealkylation sites (tertiary alicyclic amines) is 1. The van der Waals surface area contributed by atoms with Crippen molar-refractivity contribution in [2.75, 3.05) is 13.1 Å². The van der Waals surface area contributed by atoms with E-state index < -0.39 is 11.7 Å². The molecule has 0 radical (unpaired) electrons. The summed E-state index contributed by atoms with van der Waals surface area (Å²) in [7, 11) is 0. The Bertz CT molecular complexity index is 1240. The van der Waals surface area contributed by atoms with Crippen LogP contribution in [0.25, 0.3) is 0 Å². The molecule has 178 valence electrons. The van der Waals surface area contributed by atoms with Crippen LogP contribution in [0.3, 0.4) is 0 Å². The lowest BCUT2D eigenvalue weighted by Crippen LogP contribution is -2.46. The van der Waals surface area contributed by atoms with Gasteiger partial charge >= 0.3 is 0 Å². The van der Waals surface area contributed by atoms with Crippen LogP contribution < -0.4 is 0 Å². The minimum atomic E-state index is -0.413. The van der Waals surface area contributed by atoms with Gasteiger partial charge in [0.1, 0.15) is 11.6 Å². The third kappa shape index (κ3) is 6.10. The number of hydrogen-bond donors (Lipinski definition) is 0. The number of carbonyl (C=O) groups excluding carboxylic acids is 2. The second kappa shape index (κ2) is 10.9. The molecule has 0 bridgehead atoms. The predicted octanol–water partition coefficient (Wildman–Crippen LogP) is 4.92. The number of carbonyl (C=O) groups is 2. The van der Waals surface area contributed by atoms with Crippen LogP contribution >= 0.6 is 0 Å². The number of benzene rings is 3. The average Bonchev–Trinajstić information content (AvgIpc) is 2.88. The van der Waals surface area contributed by atoms with Crippen LogP contribution in [0.15, 0.2) is 72.8 Å². The zero-order valence-corrected chi connectivity index (χ0v) is 19.2. The largest absolute Gasteiger partial charge is 0.338 e. The lowest BCUT2D eigenvalue weighted by atomic mass is 9.95. The van der Waals surface area contributed by atoms with Gasteiger partial charge in [-0.15, -0.1) is 0 Å². The second-order valence-electron chi connectivity index (χ2n) is 8.73. The summed E-state index contributed by atoms with van der Waals surface area (Å²) >= 11 is 0. The number of rotatable bonds is 6. The van der Waals surface area contributed by atoms with Gasteiger partial charge in [0.05, 0.1) is 17.6 Å². The highest BCUT2D eigenvalue weighted by Gasteiger charge is 2.32. The summed E-state index contributed by atoms with van der Waals surface area (Å²) in [6.07, 6.45) is 1.31. The highest BCUT2D eigenvalue weighted by Crippen LogP contribution is 2.23. The third-order valence-corrected chi connectivity index (χ3v) is 6.18. The van der Waals surface area contributed by atoms with Crippen molar-refractivity contribution in [2.45, 2.75) is 25.9 Å². The first-order chi connectivity index (χ1) is 16.9. The van der Waals surface area contributed by atoms with Gasteiger partial charge in [0.25, 0.3) is 5.91 Å². The minimum Gasteiger partial charge on any atom is -0.338 e. The highest BCUT2D eigenvalue weighted by molar-refractivity contribution is 5.94. The number of nitriles is 1. The first-order valence-corrected chi connectivity index (χ1v) is 11.5. The molecule has 0 aromatic heterocycles. The molecule has 35 heavy (non-hydrogen) atoms. The lowest BCUT2D eigenvalue weighted by Gasteiger charge is -2.35. The van der Waals surface area contributed by atoms with Crippen molar-refractivity contribution in [3.8, 4) is 6.07 Å². The smallest absolute Gasteiger partial charge is 0.253 e. The van der Waals surface area contributed by atoms with Gasteiger partial charge in [-0.25, -0.2) is 8.78 Å². The standard InChI is InChI=1S/C28H25F2N3O2/c29-25-12-10-23(11-13-25)27(34)32-14-2-4-24(19-32)28(35)33(18-22-3-1-5-26(30)15-22)17-21-8-6-20(16-31)7-9-21/h1,3,5-13,15,24H,2,4,14,17-19H2. The summed E-state index contributed by atoms with van der Waals surface area (Å²) in [6, 6.07) is 20.6. The maximum atomic E-state index is 13.8. The molecular weight excluding hydrogens is 448 g/mol. The van der Waals surface area contributed by atoms with Crippen LogP contribution in [-0.2, 0) is 17.9 Å². The lowest BCUT2D eigenvalue weighted by molar-refractivity contribution is -0.138. The first kappa shape index (κ1) is 24.1. The van der Waals surface area contributed by atoms with Gasteiger partial charge < -0.3 is 9.80 Å². The Hall–Kier alpha value is -4.05. The summed E-state index contributed by atoms with van der Waals surface area (Å²) in [5, 5.41) is 9.05. The molecule has 3 aromatic carbocycles. The molecule has 0 N–H and O–H groups in total. The van der Waals surface area contributed by atoms with Crippen molar-refractivity contribution < 1.29 is 18.4 Å². The second-order valence-corrected chi connectivity index (χ2v) is 8.73. The molecule has 2 amide bonds. The molecular formula is C28H25F2N3O2. The van der Waals surface area contributed by atoms with Crippen LogP contribution in [0.2, 0.25) is 0 Å². The summed E-state index contributed by atoms with van der Waals surface area (Å²) in [5.41, 5.74) is 2.43. The normalized spacial score (nSPS) is 15.3. The summed E-state index contributed by atoms with van der Waals surface area (Å²) in [6.45, 7) is 1.31. The van der Waals surface area contributed by atoms with Gasteiger partial charge in [0.15, 0.2) is 0 Å². The van der Waals surface area contributed by atoms with Gasteiger partial charge in [-0.2, -0.15) is 5.26 Å². The molecule has 1 unspecified atom stereocenters. The van der Waals surface area contributed by atoms with E-state index in [1.54, 1.807) is 46.2 Å². The number of nitrogens with zero attached hydrogens (tertiary/aromatic N) is 3. The molecule has 5 nitrogen and oxygen atoms in total. The Morgan fingerprint density at radius 3 is 2.34 bits per heavy atom. The predicted molar refractivity (Wildman–Crippen MR) is 127 cm³/mol. The quantitative estimate of drug-likeness (QED) is 0.511. The van der Waals surface area contributed by atoms with E-state index in [4.69, 9.17) is 5.26 Å². The van der Waals surface area contributed by atoms with E-state index in [9.17, 15) is 18.4 Å².